The van der Waals surface area contributed by atoms with Gasteiger partial charge in [0.25, 0.3) is 0 Å². The van der Waals surface area contributed by atoms with Gasteiger partial charge >= 0.3 is 0 Å². The van der Waals surface area contributed by atoms with Gasteiger partial charge in [0.1, 0.15) is 0 Å². The van der Waals surface area contributed by atoms with Crippen LogP contribution in [0, 0.1) is 6.92 Å². The molecule has 3 rings (SSSR count). The van der Waals surface area contributed by atoms with Crippen molar-refractivity contribution in [3.63, 3.8) is 0 Å². The SMILES string of the molecule is Cc1cccc(C2CCCN2CC(O)CN2CCCC2=O)c1. The van der Waals surface area contributed by atoms with E-state index in [-0.39, 0.29) is 5.91 Å². The summed E-state index contributed by atoms with van der Waals surface area (Å²) in [4.78, 5) is 15.9. The molecule has 2 heterocycles. The molecule has 22 heavy (non-hydrogen) atoms. The van der Waals surface area contributed by atoms with Crippen molar-refractivity contribution in [2.24, 2.45) is 0 Å². The van der Waals surface area contributed by atoms with E-state index in [1.165, 1.54) is 17.5 Å². The average molecular weight is 302 g/mol. The van der Waals surface area contributed by atoms with Gasteiger partial charge in [0.15, 0.2) is 0 Å². The number of aliphatic hydroxyl groups excluding tert-OH is 1. The van der Waals surface area contributed by atoms with E-state index < -0.39 is 6.10 Å². The molecule has 4 heteroatoms. The van der Waals surface area contributed by atoms with Gasteiger partial charge in [-0.25, -0.2) is 0 Å². The lowest BCUT2D eigenvalue weighted by Gasteiger charge is -2.29. The number of nitrogens with zero attached hydrogens (tertiary/aromatic N) is 2. The van der Waals surface area contributed by atoms with Crippen molar-refractivity contribution in [3.8, 4) is 0 Å². The predicted octanol–water partition coefficient (Wildman–Crippen LogP) is 2.12. The molecule has 2 aliphatic heterocycles. The minimum absolute atomic E-state index is 0.190. The molecule has 1 amide bonds. The molecule has 2 aliphatic rings. The van der Waals surface area contributed by atoms with E-state index in [4.69, 9.17) is 0 Å². The van der Waals surface area contributed by atoms with E-state index in [9.17, 15) is 9.90 Å². The number of carbonyl (C=O) groups is 1. The Morgan fingerprint density at radius 1 is 1.27 bits per heavy atom. The number of hydrogen-bond acceptors (Lipinski definition) is 3. The topological polar surface area (TPSA) is 43.8 Å². The molecule has 4 nitrogen and oxygen atoms in total. The summed E-state index contributed by atoms with van der Waals surface area (Å²) in [6, 6.07) is 9.08. The highest BCUT2D eigenvalue weighted by molar-refractivity contribution is 5.78. The molecule has 0 radical (unpaired) electrons. The molecule has 1 aromatic rings. The third kappa shape index (κ3) is 3.50. The molecular formula is C18H26N2O2. The lowest BCUT2D eigenvalue weighted by molar-refractivity contribution is -0.129. The number of β-amino-alcohol motifs (C(OH)–C–C–N with tert-alkyl or cyclic N) is 1. The largest absolute Gasteiger partial charge is 0.390 e. The van der Waals surface area contributed by atoms with Crippen LogP contribution in [0.15, 0.2) is 24.3 Å². The van der Waals surface area contributed by atoms with E-state index >= 15 is 0 Å². The zero-order valence-corrected chi connectivity index (χ0v) is 13.4. The summed E-state index contributed by atoms with van der Waals surface area (Å²) in [5.41, 5.74) is 2.63. The van der Waals surface area contributed by atoms with E-state index in [2.05, 4.69) is 36.1 Å². The second-order valence-electron chi connectivity index (χ2n) is 6.66. The molecule has 0 aliphatic carbocycles. The maximum absolute atomic E-state index is 11.7. The van der Waals surface area contributed by atoms with Crippen LogP contribution in [0.25, 0.3) is 0 Å². The molecule has 120 valence electrons. The first kappa shape index (κ1) is 15.5. The van der Waals surface area contributed by atoms with Crippen molar-refractivity contribution < 1.29 is 9.90 Å². The van der Waals surface area contributed by atoms with Crippen LogP contribution in [0.5, 0.6) is 0 Å². The van der Waals surface area contributed by atoms with Crippen LogP contribution in [0.3, 0.4) is 0 Å². The number of rotatable bonds is 5. The molecule has 0 spiro atoms. The highest BCUT2D eigenvalue weighted by Gasteiger charge is 2.29. The quantitative estimate of drug-likeness (QED) is 0.906. The van der Waals surface area contributed by atoms with Crippen molar-refractivity contribution in [1.82, 2.24) is 9.80 Å². The molecule has 1 N–H and O–H groups in total. The van der Waals surface area contributed by atoms with Gasteiger partial charge in [-0.1, -0.05) is 29.8 Å². The lowest BCUT2D eigenvalue weighted by atomic mass is 10.0. The van der Waals surface area contributed by atoms with Crippen molar-refractivity contribution in [3.05, 3.63) is 35.4 Å². The Balaban J connectivity index is 1.60. The number of likely N-dealkylation sites (tertiary alicyclic amines) is 2. The maximum atomic E-state index is 11.7. The molecule has 2 atom stereocenters. The Bertz CT molecular complexity index is 532. The third-order valence-electron chi connectivity index (χ3n) is 4.84. The maximum Gasteiger partial charge on any atom is 0.222 e. The van der Waals surface area contributed by atoms with Crippen LogP contribution in [0.4, 0.5) is 0 Å². The second-order valence-corrected chi connectivity index (χ2v) is 6.66. The number of carbonyl (C=O) groups excluding carboxylic acids is 1. The Hall–Kier alpha value is -1.39. The Kier molecular flexibility index (Phi) is 4.79. The normalized spacial score (nSPS) is 24.2. The summed E-state index contributed by atoms with van der Waals surface area (Å²) in [5, 5.41) is 10.4. The van der Waals surface area contributed by atoms with Crippen LogP contribution < -0.4 is 0 Å². The molecule has 0 bridgehead atoms. The zero-order valence-electron chi connectivity index (χ0n) is 13.4. The van der Waals surface area contributed by atoms with Crippen molar-refractivity contribution in [2.75, 3.05) is 26.2 Å². The first-order valence-corrected chi connectivity index (χ1v) is 8.40. The highest BCUT2D eigenvalue weighted by Crippen LogP contribution is 2.32. The fourth-order valence-electron chi connectivity index (χ4n) is 3.78. The molecule has 0 aromatic heterocycles. The van der Waals surface area contributed by atoms with Crippen molar-refractivity contribution in [2.45, 2.75) is 44.8 Å². The summed E-state index contributed by atoms with van der Waals surface area (Å²) in [5.74, 6) is 0.190. The van der Waals surface area contributed by atoms with Gasteiger partial charge in [0.2, 0.25) is 5.91 Å². The van der Waals surface area contributed by atoms with Gasteiger partial charge in [-0.3, -0.25) is 9.69 Å². The minimum Gasteiger partial charge on any atom is -0.390 e. The molecule has 0 saturated carbocycles. The summed E-state index contributed by atoms with van der Waals surface area (Å²) < 4.78 is 0. The number of amides is 1. The lowest BCUT2D eigenvalue weighted by Crippen LogP contribution is -2.40. The highest BCUT2D eigenvalue weighted by atomic mass is 16.3. The summed E-state index contributed by atoms with van der Waals surface area (Å²) in [6.07, 6.45) is 3.45. The van der Waals surface area contributed by atoms with Crippen molar-refractivity contribution >= 4 is 5.91 Å². The van der Waals surface area contributed by atoms with Crippen LogP contribution in [-0.2, 0) is 4.79 Å². The van der Waals surface area contributed by atoms with Crippen LogP contribution in [-0.4, -0.2) is 53.1 Å². The fourth-order valence-corrected chi connectivity index (χ4v) is 3.78. The Labute approximate surface area is 132 Å². The summed E-state index contributed by atoms with van der Waals surface area (Å²) >= 11 is 0. The minimum atomic E-state index is -0.451. The smallest absolute Gasteiger partial charge is 0.222 e. The third-order valence-corrected chi connectivity index (χ3v) is 4.84. The van der Waals surface area contributed by atoms with Crippen molar-refractivity contribution in [1.29, 1.82) is 0 Å². The molecule has 1 aromatic carbocycles. The number of aliphatic hydroxyl groups is 1. The molecule has 2 saturated heterocycles. The second kappa shape index (κ2) is 6.80. The van der Waals surface area contributed by atoms with Gasteiger partial charge in [-0.2, -0.15) is 0 Å². The standard InChI is InChI=1S/C18H26N2O2/c1-14-5-2-6-15(11-14)17-7-3-9-19(17)12-16(21)13-20-10-4-8-18(20)22/h2,5-6,11,16-17,21H,3-4,7-10,12-13H2,1H3. The number of aryl methyl sites for hydroxylation is 1. The fraction of sp³-hybridized carbons (Fsp3) is 0.611. The monoisotopic (exact) mass is 302 g/mol. The van der Waals surface area contributed by atoms with Gasteiger partial charge < -0.3 is 10.0 Å². The van der Waals surface area contributed by atoms with E-state index in [1.54, 1.807) is 0 Å². The molecule has 2 unspecified atom stereocenters. The van der Waals surface area contributed by atoms with E-state index in [0.717, 1.165) is 25.9 Å². The molecular weight excluding hydrogens is 276 g/mol. The van der Waals surface area contributed by atoms with Gasteiger partial charge in [-0.15, -0.1) is 0 Å². The van der Waals surface area contributed by atoms with Crippen LogP contribution in [0.1, 0.15) is 42.9 Å². The average Bonchev–Trinajstić information content (AvgIpc) is 3.09. The summed E-state index contributed by atoms with van der Waals surface area (Å²) in [6.45, 7) is 5.09. The Morgan fingerprint density at radius 2 is 2.14 bits per heavy atom. The van der Waals surface area contributed by atoms with E-state index in [1.807, 2.05) is 4.90 Å². The zero-order chi connectivity index (χ0) is 15.5. The van der Waals surface area contributed by atoms with Crippen LogP contribution >= 0.6 is 0 Å². The first-order valence-electron chi connectivity index (χ1n) is 8.40. The summed E-state index contributed by atoms with van der Waals surface area (Å²) in [7, 11) is 0. The number of hydrogen-bond donors (Lipinski definition) is 1. The first-order chi connectivity index (χ1) is 10.6. The van der Waals surface area contributed by atoms with Gasteiger partial charge in [0, 0.05) is 32.1 Å². The predicted molar refractivity (Wildman–Crippen MR) is 86.5 cm³/mol. The Morgan fingerprint density at radius 3 is 2.86 bits per heavy atom. The van der Waals surface area contributed by atoms with Gasteiger partial charge in [0.05, 0.1) is 6.10 Å². The molecule has 2 fully saturated rings. The number of benzene rings is 1. The van der Waals surface area contributed by atoms with E-state index in [0.29, 0.717) is 25.6 Å². The van der Waals surface area contributed by atoms with Crippen LogP contribution in [0.2, 0.25) is 0 Å². The van der Waals surface area contributed by atoms with Gasteiger partial charge in [-0.05, 0) is 38.3 Å².